The van der Waals surface area contributed by atoms with Crippen molar-refractivity contribution in [1.29, 1.82) is 0 Å². The minimum absolute atomic E-state index is 0.0886. The minimum Gasteiger partial charge on any atom is -0.495 e. The number of rotatable bonds is 2. The van der Waals surface area contributed by atoms with Crippen molar-refractivity contribution in [2.75, 3.05) is 12.0 Å². The van der Waals surface area contributed by atoms with Gasteiger partial charge >= 0.3 is 0 Å². The van der Waals surface area contributed by atoms with Crippen molar-refractivity contribution in [3.63, 3.8) is 0 Å². The number of para-hydroxylation sites is 1. The quantitative estimate of drug-likeness (QED) is 0.550. The highest BCUT2D eigenvalue weighted by atomic mass is 32.9. The molecule has 2 aromatic rings. The Labute approximate surface area is 142 Å². The van der Waals surface area contributed by atoms with Crippen LogP contribution >= 0.6 is 32.9 Å². The standard InChI is InChI=1S/C16H17NO2S3/c1-5-11(18)17-13-9(7-6-8-10(13)19-4)12-14(16(17,2)3)21-22-15(12)20/h6-8H,5H2,1-4H3. The summed E-state index contributed by atoms with van der Waals surface area (Å²) in [5.41, 5.74) is 2.50. The molecule has 0 saturated carbocycles. The lowest BCUT2D eigenvalue weighted by Crippen LogP contribution is -2.47. The third-order valence-electron chi connectivity index (χ3n) is 4.01. The van der Waals surface area contributed by atoms with Crippen LogP contribution in [0.1, 0.15) is 32.1 Å². The van der Waals surface area contributed by atoms with E-state index in [-0.39, 0.29) is 5.91 Å². The molecule has 1 aromatic heterocycles. The van der Waals surface area contributed by atoms with E-state index in [1.165, 1.54) is 0 Å². The lowest BCUT2D eigenvalue weighted by atomic mass is 9.87. The molecule has 0 atom stereocenters. The van der Waals surface area contributed by atoms with Gasteiger partial charge in [-0.25, -0.2) is 0 Å². The Morgan fingerprint density at radius 3 is 2.73 bits per heavy atom. The molecule has 0 radical (unpaired) electrons. The van der Waals surface area contributed by atoms with E-state index in [4.69, 9.17) is 17.0 Å². The molecule has 1 amide bonds. The normalized spacial score (nSPS) is 15.2. The van der Waals surface area contributed by atoms with Crippen LogP contribution in [0.5, 0.6) is 5.75 Å². The van der Waals surface area contributed by atoms with Gasteiger partial charge in [0.05, 0.1) is 23.2 Å². The van der Waals surface area contributed by atoms with E-state index in [1.54, 1.807) is 27.8 Å². The molecule has 6 heteroatoms. The van der Waals surface area contributed by atoms with Crippen molar-refractivity contribution >= 4 is 44.5 Å². The molecular weight excluding hydrogens is 334 g/mol. The second-order valence-electron chi connectivity index (χ2n) is 5.66. The first-order valence-electron chi connectivity index (χ1n) is 7.07. The molecule has 0 unspecified atom stereocenters. The van der Waals surface area contributed by atoms with Gasteiger partial charge in [-0.1, -0.05) is 52.0 Å². The minimum atomic E-state index is -0.428. The molecular formula is C16H17NO2S3. The van der Waals surface area contributed by atoms with Crippen molar-refractivity contribution in [1.82, 2.24) is 0 Å². The van der Waals surface area contributed by atoms with Crippen molar-refractivity contribution < 1.29 is 9.53 Å². The third-order valence-corrected chi connectivity index (χ3v) is 7.34. The summed E-state index contributed by atoms with van der Waals surface area (Å²) >= 11 is 5.55. The Hall–Kier alpha value is -1.24. The second-order valence-corrected chi connectivity index (χ2v) is 8.47. The number of hydrogen-bond acceptors (Lipinski definition) is 5. The summed E-state index contributed by atoms with van der Waals surface area (Å²) in [6, 6.07) is 5.87. The highest BCUT2D eigenvalue weighted by Crippen LogP contribution is 2.54. The van der Waals surface area contributed by atoms with Crippen LogP contribution in [0.3, 0.4) is 0 Å². The molecule has 3 rings (SSSR count). The predicted octanol–water partition coefficient (Wildman–Crippen LogP) is 5.21. The van der Waals surface area contributed by atoms with Gasteiger partial charge in [0.1, 0.15) is 9.57 Å². The van der Waals surface area contributed by atoms with Gasteiger partial charge in [-0.05, 0) is 19.9 Å². The predicted molar refractivity (Wildman–Crippen MR) is 95.8 cm³/mol. The van der Waals surface area contributed by atoms with Crippen molar-refractivity contribution in [3.05, 3.63) is 26.9 Å². The number of methoxy groups -OCH3 is 1. The molecule has 0 aliphatic carbocycles. The zero-order valence-electron chi connectivity index (χ0n) is 12.9. The summed E-state index contributed by atoms with van der Waals surface area (Å²) in [6.07, 6.45) is 0.450. The summed E-state index contributed by atoms with van der Waals surface area (Å²) in [4.78, 5) is 15.7. The van der Waals surface area contributed by atoms with Crippen LogP contribution in [0.15, 0.2) is 18.2 Å². The fraction of sp³-hybridized carbons (Fsp3) is 0.375. The highest BCUT2D eigenvalue weighted by Gasteiger charge is 2.43. The summed E-state index contributed by atoms with van der Waals surface area (Å²) in [7, 11) is 4.91. The number of carbonyl (C=O) groups excluding carboxylic acids is 1. The molecule has 2 heterocycles. The van der Waals surface area contributed by atoms with E-state index in [0.717, 1.165) is 25.5 Å². The van der Waals surface area contributed by atoms with Gasteiger partial charge in [-0.2, -0.15) is 0 Å². The van der Waals surface area contributed by atoms with Crippen LogP contribution < -0.4 is 9.64 Å². The number of hydrogen-bond donors (Lipinski definition) is 0. The van der Waals surface area contributed by atoms with Gasteiger partial charge in [-0.3, -0.25) is 9.69 Å². The monoisotopic (exact) mass is 351 g/mol. The molecule has 0 spiro atoms. The third kappa shape index (κ3) is 2.05. The van der Waals surface area contributed by atoms with E-state index < -0.39 is 5.54 Å². The van der Waals surface area contributed by atoms with E-state index in [9.17, 15) is 4.79 Å². The maximum absolute atomic E-state index is 12.7. The van der Waals surface area contributed by atoms with Gasteiger partial charge in [-0.15, -0.1) is 0 Å². The molecule has 1 aliphatic heterocycles. The number of nitrogens with zero attached hydrogens (tertiary/aromatic N) is 1. The molecule has 1 aliphatic rings. The molecule has 1 aromatic carbocycles. The summed E-state index contributed by atoms with van der Waals surface area (Å²) in [6.45, 7) is 6.04. The van der Waals surface area contributed by atoms with E-state index in [1.807, 2.05) is 30.0 Å². The SMILES string of the molecule is CCC(=O)N1c2c(OC)cccc2-c2c(ssc2=S)C1(C)C. The van der Waals surface area contributed by atoms with Gasteiger partial charge in [0.2, 0.25) is 5.91 Å². The van der Waals surface area contributed by atoms with E-state index >= 15 is 0 Å². The molecule has 0 saturated heterocycles. The first kappa shape index (κ1) is 15.6. The summed E-state index contributed by atoms with van der Waals surface area (Å²) < 4.78 is 6.42. The zero-order valence-corrected chi connectivity index (χ0v) is 15.4. The highest BCUT2D eigenvalue weighted by molar-refractivity contribution is 7.80. The average Bonchev–Trinajstić information content (AvgIpc) is 2.89. The Kier molecular flexibility index (Phi) is 3.87. The van der Waals surface area contributed by atoms with Gasteiger partial charge in [0.15, 0.2) is 0 Å². The van der Waals surface area contributed by atoms with Crippen LogP contribution in [0.4, 0.5) is 5.69 Å². The average molecular weight is 352 g/mol. The molecule has 0 fully saturated rings. The number of carbonyl (C=O) groups is 1. The topological polar surface area (TPSA) is 29.5 Å². The second kappa shape index (κ2) is 5.44. The van der Waals surface area contributed by atoms with Crippen molar-refractivity contribution in [3.8, 4) is 16.9 Å². The molecule has 22 heavy (non-hydrogen) atoms. The fourth-order valence-corrected chi connectivity index (χ4v) is 6.27. The Balaban J connectivity index is 2.43. The van der Waals surface area contributed by atoms with Gasteiger partial charge < -0.3 is 4.74 Å². The van der Waals surface area contributed by atoms with Crippen LogP contribution in [0.2, 0.25) is 0 Å². The zero-order chi connectivity index (χ0) is 16.1. The van der Waals surface area contributed by atoms with Crippen LogP contribution in [-0.4, -0.2) is 13.0 Å². The number of ether oxygens (including phenoxy) is 1. The van der Waals surface area contributed by atoms with Crippen LogP contribution in [0.25, 0.3) is 11.1 Å². The first-order chi connectivity index (χ1) is 10.4. The smallest absolute Gasteiger partial charge is 0.227 e. The number of amides is 1. The van der Waals surface area contributed by atoms with Gasteiger partial charge in [0.25, 0.3) is 0 Å². The first-order valence-corrected chi connectivity index (χ1v) is 9.63. The van der Waals surface area contributed by atoms with Crippen LogP contribution in [0, 0.1) is 3.82 Å². The maximum Gasteiger partial charge on any atom is 0.227 e. The van der Waals surface area contributed by atoms with E-state index in [2.05, 4.69) is 13.8 Å². The maximum atomic E-state index is 12.7. The Bertz CT molecular complexity index is 804. The summed E-state index contributed by atoms with van der Waals surface area (Å²) in [5, 5.41) is 0. The van der Waals surface area contributed by atoms with E-state index in [0.29, 0.717) is 12.2 Å². The lowest BCUT2D eigenvalue weighted by molar-refractivity contribution is -0.119. The number of fused-ring (bicyclic) bond motifs is 3. The number of anilines is 1. The largest absolute Gasteiger partial charge is 0.495 e. The van der Waals surface area contributed by atoms with Gasteiger partial charge in [0, 0.05) is 17.5 Å². The molecule has 116 valence electrons. The van der Waals surface area contributed by atoms with Crippen molar-refractivity contribution in [2.45, 2.75) is 32.7 Å². The summed E-state index contributed by atoms with van der Waals surface area (Å²) in [5.74, 6) is 0.800. The number of benzene rings is 1. The van der Waals surface area contributed by atoms with Crippen LogP contribution in [-0.2, 0) is 10.3 Å². The molecule has 0 bridgehead atoms. The Morgan fingerprint density at radius 1 is 1.36 bits per heavy atom. The molecule has 0 N–H and O–H groups in total. The van der Waals surface area contributed by atoms with Crippen molar-refractivity contribution in [2.24, 2.45) is 0 Å². The molecule has 3 nitrogen and oxygen atoms in total. The fourth-order valence-electron chi connectivity index (χ4n) is 2.99. The lowest BCUT2D eigenvalue weighted by Gasteiger charge is -2.43. The Morgan fingerprint density at radius 2 is 2.09 bits per heavy atom.